The Morgan fingerprint density at radius 3 is 2.61 bits per heavy atom. The summed E-state index contributed by atoms with van der Waals surface area (Å²) in [5, 5.41) is 9.14. The van der Waals surface area contributed by atoms with Gasteiger partial charge in [-0.2, -0.15) is 5.26 Å². The van der Waals surface area contributed by atoms with Gasteiger partial charge in [0.05, 0.1) is 31.8 Å². The molecule has 0 atom stereocenters. The van der Waals surface area contributed by atoms with Crippen LogP contribution in [0.25, 0.3) is 0 Å². The van der Waals surface area contributed by atoms with Gasteiger partial charge in [0.15, 0.2) is 0 Å². The number of hydrogen-bond acceptors (Lipinski definition) is 4. The van der Waals surface area contributed by atoms with E-state index in [4.69, 9.17) is 26.3 Å². The molecular formula is C13H14ClNO3. The second-order valence-corrected chi connectivity index (χ2v) is 3.82. The highest BCUT2D eigenvalue weighted by molar-refractivity contribution is 6.17. The van der Waals surface area contributed by atoms with Crippen molar-refractivity contribution in [3.8, 4) is 11.8 Å². The third kappa shape index (κ3) is 3.38. The van der Waals surface area contributed by atoms with Crippen molar-refractivity contribution in [3.05, 3.63) is 28.8 Å². The molecule has 0 heterocycles. The van der Waals surface area contributed by atoms with Crippen molar-refractivity contribution in [2.75, 3.05) is 13.7 Å². The number of carbonyl (C=O) groups is 1. The number of esters is 1. The summed E-state index contributed by atoms with van der Waals surface area (Å²) in [6.07, 6.45) is 0.0395. The number of nitriles is 1. The molecule has 96 valence electrons. The standard InChI is InChI=1S/C13H14ClNO3/c1-3-18-13(16)6-9-4-11(17-2)5-10(7-14)12(9)8-15/h4-5H,3,6-7H2,1-2H3. The molecule has 0 amide bonds. The van der Waals surface area contributed by atoms with E-state index >= 15 is 0 Å². The van der Waals surface area contributed by atoms with Crippen LogP contribution in [0.3, 0.4) is 0 Å². The van der Waals surface area contributed by atoms with Gasteiger partial charge in [0.25, 0.3) is 0 Å². The van der Waals surface area contributed by atoms with Crippen molar-refractivity contribution in [1.82, 2.24) is 0 Å². The van der Waals surface area contributed by atoms with Crippen LogP contribution in [0.15, 0.2) is 12.1 Å². The Hall–Kier alpha value is -1.73. The van der Waals surface area contributed by atoms with Gasteiger partial charge in [0, 0.05) is 5.88 Å². The first-order valence-electron chi connectivity index (χ1n) is 5.47. The van der Waals surface area contributed by atoms with E-state index in [1.54, 1.807) is 19.1 Å². The minimum Gasteiger partial charge on any atom is -0.497 e. The highest BCUT2D eigenvalue weighted by Crippen LogP contribution is 2.24. The van der Waals surface area contributed by atoms with Gasteiger partial charge < -0.3 is 9.47 Å². The van der Waals surface area contributed by atoms with Gasteiger partial charge in [-0.25, -0.2) is 0 Å². The Balaban J connectivity index is 3.15. The maximum absolute atomic E-state index is 11.5. The van der Waals surface area contributed by atoms with E-state index in [2.05, 4.69) is 6.07 Å². The average molecular weight is 268 g/mol. The summed E-state index contributed by atoms with van der Waals surface area (Å²) in [6, 6.07) is 5.42. The van der Waals surface area contributed by atoms with Crippen LogP contribution in [0, 0.1) is 11.3 Å². The lowest BCUT2D eigenvalue weighted by Crippen LogP contribution is -2.09. The van der Waals surface area contributed by atoms with Crippen molar-refractivity contribution in [2.24, 2.45) is 0 Å². The zero-order valence-electron chi connectivity index (χ0n) is 10.3. The van der Waals surface area contributed by atoms with E-state index in [0.717, 1.165) is 0 Å². The van der Waals surface area contributed by atoms with Crippen molar-refractivity contribution in [3.63, 3.8) is 0 Å². The van der Waals surface area contributed by atoms with Crippen molar-refractivity contribution in [2.45, 2.75) is 19.2 Å². The molecule has 0 aliphatic carbocycles. The maximum Gasteiger partial charge on any atom is 0.310 e. The lowest BCUT2D eigenvalue weighted by molar-refractivity contribution is -0.142. The molecule has 18 heavy (non-hydrogen) atoms. The summed E-state index contributed by atoms with van der Waals surface area (Å²) in [5.41, 5.74) is 1.64. The van der Waals surface area contributed by atoms with Crippen LogP contribution in [0.5, 0.6) is 5.75 Å². The predicted molar refractivity (Wildman–Crippen MR) is 67.6 cm³/mol. The molecule has 0 saturated carbocycles. The molecule has 0 aromatic heterocycles. The van der Waals surface area contributed by atoms with Crippen LogP contribution in [-0.2, 0) is 21.8 Å². The molecule has 0 N–H and O–H groups in total. The topological polar surface area (TPSA) is 59.3 Å². The molecule has 1 aromatic carbocycles. The SMILES string of the molecule is CCOC(=O)Cc1cc(OC)cc(CCl)c1C#N. The minimum atomic E-state index is -0.372. The van der Waals surface area contributed by atoms with Gasteiger partial charge in [-0.15, -0.1) is 11.6 Å². The first-order valence-corrected chi connectivity index (χ1v) is 6.01. The molecule has 0 unspecified atom stereocenters. The number of halogens is 1. The molecule has 4 nitrogen and oxygen atoms in total. The second kappa shape index (κ2) is 6.87. The minimum absolute atomic E-state index is 0.0395. The molecule has 5 heteroatoms. The molecule has 0 saturated heterocycles. The monoisotopic (exact) mass is 267 g/mol. The van der Waals surface area contributed by atoms with Gasteiger partial charge >= 0.3 is 5.97 Å². The van der Waals surface area contributed by atoms with E-state index < -0.39 is 0 Å². The van der Waals surface area contributed by atoms with Crippen LogP contribution in [0.4, 0.5) is 0 Å². The van der Waals surface area contributed by atoms with Gasteiger partial charge in [-0.3, -0.25) is 4.79 Å². The number of alkyl halides is 1. The fourth-order valence-electron chi connectivity index (χ4n) is 1.61. The van der Waals surface area contributed by atoms with E-state index in [0.29, 0.717) is 29.0 Å². The van der Waals surface area contributed by atoms with Crippen LogP contribution in [0.1, 0.15) is 23.6 Å². The highest BCUT2D eigenvalue weighted by Gasteiger charge is 2.14. The van der Waals surface area contributed by atoms with E-state index in [9.17, 15) is 4.79 Å². The Morgan fingerprint density at radius 1 is 1.44 bits per heavy atom. The summed E-state index contributed by atoms with van der Waals surface area (Å²) in [7, 11) is 1.52. The molecule has 0 aliphatic rings. The Bertz CT molecular complexity index is 480. The van der Waals surface area contributed by atoms with Gasteiger partial charge in [0.1, 0.15) is 5.75 Å². The van der Waals surface area contributed by atoms with Crippen molar-refractivity contribution < 1.29 is 14.3 Å². The normalized spacial score (nSPS) is 9.67. The maximum atomic E-state index is 11.5. The van der Waals surface area contributed by atoms with Gasteiger partial charge in [-0.05, 0) is 30.2 Å². The smallest absolute Gasteiger partial charge is 0.310 e. The third-order valence-electron chi connectivity index (χ3n) is 2.41. The summed E-state index contributed by atoms with van der Waals surface area (Å²) in [5.74, 6) is 0.391. The number of rotatable bonds is 5. The first-order chi connectivity index (χ1) is 8.65. The molecular weight excluding hydrogens is 254 g/mol. The fourth-order valence-corrected chi connectivity index (χ4v) is 1.82. The quantitative estimate of drug-likeness (QED) is 0.607. The van der Waals surface area contributed by atoms with Crippen molar-refractivity contribution >= 4 is 17.6 Å². The molecule has 0 fully saturated rings. The molecule has 0 radical (unpaired) electrons. The number of nitrogens with zero attached hydrogens (tertiary/aromatic N) is 1. The molecule has 1 rings (SSSR count). The Kier molecular flexibility index (Phi) is 5.47. The largest absolute Gasteiger partial charge is 0.497 e. The summed E-state index contributed by atoms with van der Waals surface area (Å²) in [6.45, 7) is 2.05. The summed E-state index contributed by atoms with van der Waals surface area (Å²) < 4.78 is 9.99. The van der Waals surface area contributed by atoms with E-state index in [1.165, 1.54) is 7.11 Å². The Labute approximate surface area is 111 Å². The Morgan fingerprint density at radius 2 is 2.11 bits per heavy atom. The van der Waals surface area contributed by atoms with Crippen LogP contribution < -0.4 is 4.74 Å². The van der Waals surface area contributed by atoms with E-state index in [-0.39, 0.29) is 18.3 Å². The van der Waals surface area contributed by atoms with Crippen LogP contribution >= 0.6 is 11.6 Å². The summed E-state index contributed by atoms with van der Waals surface area (Å²) >= 11 is 5.79. The number of hydrogen-bond donors (Lipinski definition) is 0. The summed E-state index contributed by atoms with van der Waals surface area (Å²) in [4.78, 5) is 11.5. The second-order valence-electron chi connectivity index (χ2n) is 3.55. The average Bonchev–Trinajstić information content (AvgIpc) is 2.37. The molecule has 1 aromatic rings. The first kappa shape index (κ1) is 14.3. The number of ether oxygens (including phenoxy) is 2. The van der Waals surface area contributed by atoms with Crippen molar-refractivity contribution in [1.29, 1.82) is 5.26 Å². The molecule has 0 bridgehead atoms. The fraction of sp³-hybridized carbons (Fsp3) is 0.385. The van der Waals surface area contributed by atoms with Gasteiger partial charge in [0.2, 0.25) is 0 Å². The zero-order chi connectivity index (χ0) is 13.5. The lowest BCUT2D eigenvalue weighted by atomic mass is 10.00. The number of methoxy groups -OCH3 is 1. The number of benzene rings is 1. The highest BCUT2D eigenvalue weighted by atomic mass is 35.5. The number of carbonyl (C=O) groups excluding carboxylic acids is 1. The molecule has 0 aliphatic heterocycles. The lowest BCUT2D eigenvalue weighted by Gasteiger charge is -2.10. The van der Waals surface area contributed by atoms with Crippen LogP contribution in [0.2, 0.25) is 0 Å². The van der Waals surface area contributed by atoms with E-state index in [1.807, 2.05) is 0 Å². The molecule has 0 spiro atoms. The van der Waals surface area contributed by atoms with Crippen LogP contribution in [-0.4, -0.2) is 19.7 Å². The van der Waals surface area contributed by atoms with Gasteiger partial charge in [-0.1, -0.05) is 0 Å². The predicted octanol–water partition coefficient (Wildman–Crippen LogP) is 2.41. The zero-order valence-corrected chi connectivity index (χ0v) is 11.1. The third-order valence-corrected chi connectivity index (χ3v) is 2.69.